The van der Waals surface area contributed by atoms with Crippen molar-refractivity contribution in [2.45, 2.75) is 13.3 Å². The molecule has 140 valence electrons. The van der Waals surface area contributed by atoms with Crippen molar-refractivity contribution in [2.24, 2.45) is 0 Å². The van der Waals surface area contributed by atoms with Crippen LogP contribution in [0.15, 0.2) is 52.9 Å². The lowest BCUT2D eigenvalue weighted by atomic mass is 10.2. The van der Waals surface area contributed by atoms with E-state index in [1.807, 2.05) is 13.0 Å². The standard InChI is InChI=1S/C20H19ClN2O4/c1-2-26-14-9-7-13(8-10-14)22-20(25)19-18(23-17(24)11-12-21)15-5-3-4-6-16(15)27-19/h3-10H,2,11-12H2,1H3,(H,22,25)(H,23,24). The summed E-state index contributed by atoms with van der Waals surface area (Å²) in [4.78, 5) is 24.7. The van der Waals surface area contributed by atoms with Gasteiger partial charge >= 0.3 is 0 Å². The van der Waals surface area contributed by atoms with E-state index >= 15 is 0 Å². The molecule has 0 aliphatic heterocycles. The number of ether oxygens (including phenoxy) is 1. The minimum absolute atomic E-state index is 0.0352. The summed E-state index contributed by atoms with van der Waals surface area (Å²) in [5.41, 5.74) is 1.43. The van der Waals surface area contributed by atoms with Gasteiger partial charge in [0.25, 0.3) is 5.91 Å². The van der Waals surface area contributed by atoms with Gasteiger partial charge in [0.1, 0.15) is 17.0 Å². The number of anilines is 2. The van der Waals surface area contributed by atoms with Gasteiger partial charge in [0.05, 0.1) is 6.61 Å². The molecule has 1 heterocycles. The van der Waals surface area contributed by atoms with E-state index in [2.05, 4.69) is 10.6 Å². The van der Waals surface area contributed by atoms with Crippen LogP contribution < -0.4 is 15.4 Å². The molecule has 0 unspecified atom stereocenters. The number of hydrogen-bond donors (Lipinski definition) is 2. The summed E-state index contributed by atoms with van der Waals surface area (Å²) in [7, 11) is 0. The number of carbonyl (C=O) groups is 2. The molecule has 0 fully saturated rings. The van der Waals surface area contributed by atoms with Crippen molar-refractivity contribution in [1.82, 2.24) is 0 Å². The Morgan fingerprint density at radius 2 is 1.81 bits per heavy atom. The van der Waals surface area contributed by atoms with Crippen LogP contribution in [-0.4, -0.2) is 24.3 Å². The average molecular weight is 387 g/mol. The van der Waals surface area contributed by atoms with E-state index in [1.54, 1.807) is 42.5 Å². The highest BCUT2D eigenvalue weighted by Gasteiger charge is 2.22. The topological polar surface area (TPSA) is 80.6 Å². The number of hydrogen-bond acceptors (Lipinski definition) is 4. The van der Waals surface area contributed by atoms with Gasteiger partial charge in [-0.15, -0.1) is 11.6 Å². The van der Waals surface area contributed by atoms with Gasteiger partial charge in [-0.25, -0.2) is 0 Å². The first-order valence-electron chi connectivity index (χ1n) is 8.54. The highest BCUT2D eigenvalue weighted by molar-refractivity contribution is 6.20. The second kappa shape index (κ2) is 8.60. The molecule has 6 nitrogen and oxygen atoms in total. The van der Waals surface area contributed by atoms with Crippen LogP contribution in [0.1, 0.15) is 23.9 Å². The van der Waals surface area contributed by atoms with Crippen LogP contribution in [0.3, 0.4) is 0 Å². The van der Waals surface area contributed by atoms with Crippen molar-refractivity contribution in [3.05, 3.63) is 54.3 Å². The summed E-state index contributed by atoms with van der Waals surface area (Å²) in [6.07, 6.45) is 0.140. The highest BCUT2D eigenvalue weighted by atomic mass is 35.5. The van der Waals surface area contributed by atoms with Gasteiger partial charge in [-0.05, 0) is 43.3 Å². The number of benzene rings is 2. The number of carbonyl (C=O) groups excluding carboxylic acids is 2. The van der Waals surface area contributed by atoms with Crippen LogP contribution in [0.4, 0.5) is 11.4 Å². The minimum Gasteiger partial charge on any atom is -0.494 e. The van der Waals surface area contributed by atoms with Crippen molar-refractivity contribution in [1.29, 1.82) is 0 Å². The van der Waals surface area contributed by atoms with Crippen LogP contribution in [0.25, 0.3) is 11.0 Å². The van der Waals surface area contributed by atoms with Gasteiger partial charge in [-0.1, -0.05) is 12.1 Å². The molecule has 1 aromatic heterocycles. The second-order valence-corrected chi connectivity index (χ2v) is 6.08. The predicted molar refractivity (Wildman–Crippen MR) is 106 cm³/mol. The Bertz CT molecular complexity index is 950. The number of para-hydroxylation sites is 1. The summed E-state index contributed by atoms with van der Waals surface area (Å²) in [6, 6.07) is 14.1. The number of halogens is 1. The van der Waals surface area contributed by atoms with Gasteiger partial charge in [-0.3, -0.25) is 9.59 Å². The molecule has 3 aromatic rings. The normalized spacial score (nSPS) is 10.6. The molecule has 7 heteroatoms. The fourth-order valence-corrected chi connectivity index (χ4v) is 2.78. The molecule has 3 rings (SSSR count). The van der Waals surface area contributed by atoms with Crippen molar-refractivity contribution in [3.8, 4) is 5.75 Å². The summed E-state index contributed by atoms with van der Waals surface area (Å²) in [6.45, 7) is 2.47. The number of fused-ring (bicyclic) bond motifs is 1. The van der Waals surface area contributed by atoms with Crippen LogP contribution >= 0.6 is 11.6 Å². The molecule has 0 saturated heterocycles. The quantitative estimate of drug-likeness (QED) is 0.579. The van der Waals surface area contributed by atoms with Crippen LogP contribution in [-0.2, 0) is 4.79 Å². The number of furan rings is 1. The summed E-state index contributed by atoms with van der Waals surface area (Å²) in [5.74, 6) is 0.194. The Labute approximate surface area is 161 Å². The van der Waals surface area contributed by atoms with Gasteiger partial charge in [-0.2, -0.15) is 0 Å². The molecule has 0 atom stereocenters. The molecular weight excluding hydrogens is 368 g/mol. The van der Waals surface area contributed by atoms with Gasteiger partial charge in [0, 0.05) is 23.4 Å². The number of alkyl halides is 1. The Kier molecular flexibility index (Phi) is 5.98. The van der Waals surface area contributed by atoms with E-state index in [-0.39, 0.29) is 24.0 Å². The fraction of sp³-hybridized carbons (Fsp3) is 0.200. The molecule has 0 saturated carbocycles. The highest BCUT2D eigenvalue weighted by Crippen LogP contribution is 2.31. The lowest BCUT2D eigenvalue weighted by Crippen LogP contribution is -2.17. The fourth-order valence-electron chi connectivity index (χ4n) is 2.61. The van der Waals surface area contributed by atoms with Gasteiger partial charge in [0.2, 0.25) is 11.7 Å². The summed E-state index contributed by atoms with van der Waals surface area (Å²) >= 11 is 5.63. The second-order valence-electron chi connectivity index (χ2n) is 5.70. The van der Waals surface area contributed by atoms with Crippen molar-refractivity contribution >= 4 is 45.8 Å². The Morgan fingerprint density at radius 3 is 2.52 bits per heavy atom. The molecule has 0 aliphatic rings. The zero-order valence-corrected chi connectivity index (χ0v) is 15.5. The molecule has 0 spiro atoms. The summed E-state index contributed by atoms with van der Waals surface area (Å²) in [5, 5.41) is 6.15. The first kappa shape index (κ1) is 18.8. The maximum absolute atomic E-state index is 12.7. The zero-order chi connectivity index (χ0) is 19.2. The predicted octanol–water partition coefficient (Wildman–Crippen LogP) is 4.65. The zero-order valence-electron chi connectivity index (χ0n) is 14.8. The van der Waals surface area contributed by atoms with Gasteiger partial charge in [0.15, 0.2) is 0 Å². The largest absolute Gasteiger partial charge is 0.494 e. The molecule has 2 amide bonds. The molecule has 2 N–H and O–H groups in total. The number of amides is 2. The van der Waals surface area contributed by atoms with Crippen LogP contribution in [0.5, 0.6) is 5.75 Å². The van der Waals surface area contributed by atoms with Crippen molar-refractivity contribution < 1.29 is 18.7 Å². The van der Waals surface area contributed by atoms with Crippen molar-refractivity contribution in [2.75, 3.05) is 23.1 Å². The molecule has 0 aliphatic carbocycles. The van der Waals surface area contributed by atoms with Crippen molar-refractivity contribution in [3.63, 3.8) is 0 Å². The smallest absolute Gasteiger partial charge is 0.293 e. The van der Waals surface area contributed by atoms with E-state index in [1.165, 1.54) is 0 Å². The Balaban J connectivity index is 1.87. The third-order valence-corrected chi connectivity index (χ3v) is 4.00. The monoisotopic (exact) mass is 386 g/mol. The van der Waals surface area contributed by atoms with E-state index in [0.29, 0.717) is 34.7 Å². The van der Waals surface area contributed by atoms with E-state index in [4.69, 9.17) is 20.8 Å². The van der Waals surface area contributed by atoms with Gasteiger partial charge < -0.3 is 19.8 Å². The molecule has 0 bridgehead atoms. The summed E-state index contributed by atoms with van der Waals surface area (Å²) < 4.78 is 11.1. The minimum atomic E-state index is -0.462. The lowest BCUT2D eigenvalue weighted by molar-refractivity contribution is -0.115. The average Bonchev–Trinajstić information content (AvgIpc) is 3.02. The maximum Gasteiger partial charge on any atom is 0.293 e. The first-order chi connectivity index (χ1) is 13.1. The molecule has 0 radical (unpaired) electrons. The number of nitrogens with one attached hydrogen (secondary N) is 2. The maximum atomic E-state index is 12.7. The number of rotatable bonds is 7. The van der Waals surface area contributed by atoms with E-state index < -0.39 is 5.91 Å². The third kappa shape index (κ3) is 4.41. The molecule has 2 aromatic carbocycles. The molecule has 27 heavy (non-hydrogen) atoms. The van der Waals surface area contributed by atoms with E-state index in [9.17, 15) is 9.59 Å². The SMILES string of the molecule is CCOc1ccc(NC(=O)c2oc3ccccc3c2NC(=O)CCCl)cc1. The van der Waals surface area contributed by atoms with Crippen LogP contribution in [0.2, 0.25) is 0 Å². The first-order valence-corrected chi connectivity index (χ1v) is 9.07. The molecular formula is C20H19ClN2O4. The Hall–Kier alpha value is -2.99. The lowest BCUT2D eigenvalue weighted by Gasteiger charge is -2.08. The van der Waals surface area contributed by atoms with E-state index in [0.717, 1.165) is 0 Å². The third-order valence-electron chi connectivity index (χ3n) is 3.81. The van der Waals surface area contributed by atoms with Crippen LogP contribution in [0, 0.1) is 0 Å². The Morgan fingerprint density at radius 1 is 1.07 bits per heavy atom.